The van der Waals surface area contributed by atoms with Crippen molar-refractivity contribution >= 4 is 49.6 Å². The van der Waals surface area contributed by atoms with Crippen LogP contribution in [0.2, 0.25) is 0 Å². The Kier molecular flexibility index (Phi) is 9.89. The molecule has 0 aliphatic heterocycles. The van der Waals surface area contributed by atoms with Crippen LogP contribution in [0, 0.1) is 0 Å². The van der Waals surface area contributed by atoms with E-state index in [1.54, 1.807) is 0 Å². The van der Waals surface area contributed by atoms with Gasteiger partial charge in [-0.2, -0.15) is 0 Å². The van der Waals surface area contributed by atoms with Crippen LogP contribution in [0.1, 0.15) is 0 Å². The molecule has 0 radical (unpaired) electrons. The van der Waals surface area contributed by atoms with E-state index in [1.165, 1.54) is 77.1 Å². The molecule has 0 saturated carbocycles. The van der Waals surface area contributed by atoms with Crippen molar-refractivity contribution in [2.75, 3.05) is 4.90 Å². The number of nitrogens with zero attached hydrogens (tertiary/aromatic N) is 2. The summed E-state index contributed by atoms with van der Waals surface area (Å²) in [5.74, 6) is 0. The normalized spacial score (nSPS) is 11.3. The average Bonchev–Trinajstić information content (AvgIpc) is 3.73. The van der Waals surface area contributed by atoms with Gasteiger partial charge in [0.25, 0.3) is 0 Å². The lowest BCUT2D eigenvalue weighted by molar-refractivity contribution is 1.18. The predicted molar refractivity (Wildman–Crippen MR) is 280 cm³/mol. The van der Waals surface area contributed by atoms with Crippen molar-refractivity contribution in [2.45, 2.75) is 0 Å². The highest BCUT2D eigenvalue weighted by Gasteiger charge is 2.21. The zero-order chi connectivity index (χ0) is 43.8. The molecule has 1 aromatic heterocycles. The summed E-state index contributed by atoms with van der Waals surface area (Å²) in [5, 5.41) is 4.92. The van der Waals surface area contributed by atoms with E-state index in [2.05, 4.69) is 276 Å². The maximum absolute atomic E-state index is 2.42. The average molecular weight is 841 g/mol. The summed E-state index contributed by atoms with van der Waals surface area (Å²) in [6, 6.07) is 96.9. The second kappa shape index (κ2) is 16.8. The summed E-state index contributed by atoms with van der Waals surface area (Å²) in [6.07, 6.45) is 0. The second-order valence-corrected chi connectivity index (χ2v) is 16.9. The summed E-state index contributed by atoms with van der Waals surface area (Å²) >= 11 is 0. The maximum atomic E-state index is 2.42. The number of anilines is 3. The molecular weight excluding hydrogens is 797 g/mol. The summed E-state index contributed by atoms with van der Waals surface area (Å²) < 4.78 is 2.42. The van der Waals surface area contributed by atoms with Gasteiger partial charge >= 0.3 is 0 Å². The zero-order valence-corrected chi connectivity index (χ0v) is 36.3. The van der Waals surface area contributed by atoms with E-state index in [-0.39, 0.29) is 0 Å². The number of hydrogen-bond acceptors (Lipinski definition) is 1. The van der Waals surface area contributed by atoms with Crippen LogP contribution >= 0.6 is 0 Å². The molecule has 2 nitrogen and oxygen atoms in total. The van der Waals surface area contributed by atoms with Gasteiger partial charge in [-0.3, -0.25) is 0 Å². The SMILES string of the molecule is c1ccc(-c2cc(-c3ccccc3)cc(-c3ccc(N(c4cccc(-c5ccccc5)c4)c4cccc(-c5c6ccccc6cc6c5c5ccccc5n6-c5ccccc5)c4)cc3)c2)cc1. The largest absolute Gasteiger partial charge is 0.310 e. The van der Waals surface area contributed by atoms with Crippen LogP contribution < -0.4 is 4.90 Å². The molecular formula is C64H44N2. The van der Waals surface area contributed by atoms with Gasteiger partial charge < -0.3 is 9.47 Å². The lowest BCUT2D eigenvalue weighted by Crippen LogP contribution is -2.10. The van der Waals surface area contributed by atoms with Gasteiger partial charge in [0, 0.05) is 33.5 Å². The Morgan fingerprint density at radius 1 is 0.258 bits per heavy atom. The molecule has 0 aliphatic carbocycles. The van der Waals surface area contributed by atoms with Crippen molar-refractivity contribution in [3.63, 3.8) is 0 Å². The molecule has 2 heteroatoms. The number of para-hydroxylation sites is 2. The van der Waals surface area contributed by atoms with Crippen molar-refractivity contribution < 1.29 is 0 Å². The fraction of sp³-hybridized carbons (Fsp3) is 0. The molecule has 66 heavy (non-hydrogen) atoms. The number of hydrogen-bond donors (Lipinski definition) is 0. The molecule has 0 amide bonds. The van der Waals surface area contributed by atoms with Gasteiger partial charge in [0.2, 0.25) is 0 Å². The second-order valence-electron chi connectivity index (χ2n) is 16.9. The van der Waals surface area contributed by atoms with Crippen molar-refractivity contribution in [3.8, 4) is 61.3 Å². The van der Waals surface area contributed by atoms with Crippen LogP contribution in [0.15, 0.2) is 267 Å². The van der Waals surface area contributed by atoms with Crippen LogP contribution in [0.5, 0.6) is 0 Å². The summed E-state index contributed by atoms with van der Waals surface area (Å²) in [4.78, 5) is 2.41. The van der Waals surface area contributed by atoms with Crippen LogP contribution in [0.4, 0.5) is 17.1 Å². The summed E-state index contributed by atoms with van der Waals surface area (Å²) in [6.45, 7) is 0. The molecule has 11 aromatic carbocycles. The van der Waals surface area contributed by atoms with Gasteiger partial charge in [-0.25, -0.2) is 0 Å². The minimum Gasteiger partial charge on any atom is -0.310 e. The van der Waals surface area contributed by atoms with E-state index in [0.717, 1.165) is 33.9 Å². The molecule has 12 rings (SSSR count). The summed E-state index contributed by atoms with van der Waals surface area (Å²) in [5.41, 5.74) is 18.6. The van der Waals surface area contributed by atoms with E-state index in [9.17, 15) is 0 Å². The van der Waals surface area contributed by atoms with Crippen LogP contribution in [-0.2, 0) is 0 Å². The van der Waals surface area contributed by atoms with Gasteiger partial charge in [0.05, 0.1) is 11.0 Å². The van der Waals surface area contributed by atoms with Crippen LogP contribution in [-0.4, -0.2) is 4.57 Å². The molecule has 0 saturated heterocycles. The molecule has 1 heterocycles. The van der Waals surface area contributed by atoms with Gasteiger partial charge in [-0.15, -0.1) is 0 Å². The van der Waals surface area contributed by atoms with E-state index < -0.39 is 0 Å². The van der Waals surface area contributed by atoms with Gasteiger partial charge in [0.1, 0.15) is 0 Å². The molecule has 0 fully saturated rings. The Labute approximate surface area is 385 Å². The Bertz CT molecular complexity index is 3610. The quantitative estimate of drug-likeness (QED) is 0.141. The number of aromatic nitrogens is 1. The minimum atomic E-state index is 1.08. The zero-order valence-electron chi connectivity index (χ0n) is 36.3. The highest BCUT2D eigenvalue weighted by molar-refractivity contribution is 6.23. The molecule has 0 spiro atoms. The first-order valence-electron chi connectivity index (χ1n) is 22.7. The third-order valence-electron chi connectivity index (χ3n) is 12.9. The van der Waals surface area contributed by atoms with E-state index in [4.69, 9.17) is 0 Å². The first-order chi connectivity index (χ1) is 32.7. The van der Waals surface area contributed by atoms with Crippen molar-refractivity contribution in [1.82, 2.24) is 4.57 Å². The van der Waals surface area contributed by atoms with E-state index in [0.29, 0.717) is 0 Å². The van der Waals surface area contributed by atoms with Gasteiger partial charge in [-0.05, 0) is 145 Å². The summed E-state index contributed by atoms with van der Waals surface area (Å²) in [7, 11) is 0. The van der Waals surface area contributed by atoms with E-state index >= 15 is 0 Å². The molecule has 0 bridgehead atoms. The molecule has 0 N–H and O–H groups in total. The first-order valence-corrected chi connectivity index (χ1v) is 22.7. The molecule has 0 unspecified atom stereocenters. The monoisotopic (exact) mass is 840 g/mol. The fourth-order valence-electron chi connectivity index (χ4n) is 9.84. The maximum Gasteiger partial charge on any atom is 0.0553 e. The Morgan fingerprint density at radius 2 is 0.712 bits per heavy atom. The fourth-order valence-corrected chi connectivity index (χ4v) is 9.84. The molecule has 310 valence electrons. The highest BCUT2D eigenvalue weighted by Crippen LogP contribution is 2.45. The van der Waals surface area contributed by atoms with Gasteiger partial charge in [-0.1, -0.05) is 188 Å². The number of benzene rings is 11. The third kappa shape index (κ3) is 7.12. The molecule has 0 atom stereocenters. The lowest BCUT2D eigenvalue weighted by Gasteiger charge is -2.27. The highest BCUT2D eigenvalue weighted by atomic mass is 15.1. The third-order valence-corrected chi connectivity index (χ3v) is 12.9. The first kappa shape index (κ1) is 38.9. The molecule has 12 aromatic rings. The number of rotatable bonds is 9. The van der Waals surface area contributed by atoms with Crippen LogP contribution in [0.3, 0.4) is 0 Å². The van der Waals surface area contributed by atoms with Crippen molar-refractivity contribution in [1.29, 1.82) is 0 Å². The topological polar surface area (TPSA) is 8.17 Å². The van der Waals surface area contributed by atoms with Gasteiger partial charge in [0.15, 0.2) is 0 Å². The lowest BCUT2D eigenvalue weighted by atomic mass is 9.92. The Morgan fingerprint density at radius 3 is 1.32 bits per heavy atom. The number of fused-ring (bicyclic) bond motifs is 4. The van der Waals surface area contributed by atoms with Crippen molar-refractivity contribution in [2.24, 2.45) is 0 Å². The smallest absolute Gasteiger partial charge is 0.0553 e. The Balaban J connectivity index is 1.04. The standard InChI is InChI=1S/C64H44N2/c1-5-19-45(20-6-1)49-26-17-30-57(42-49)65(56-37-35-48(36-38-56)54-40-52(46-21-7-2-8-22-46)39-53(41-54)47-23-9-3-10-24-47)58-31-18-27-51(43-58)63-59-32-14-13-25-50(59)44-62-64(63)60-33-15-16-34-61(60)66(62)55-28-11-4-12-29-55/h1-44H. The minimum absolute atomic E-state index is 1.08. The van der Waals surface area contributed by atoms with Crippen LogP contribution in [0.25, 0.3) is 93.9 Å². The Hall–Kier alpha value is -8.72. The molecule has 0 aliphatic rings. The predicted octanol–water partition coefficient (Wildman–Crippen LogP) is 17.7. The van der Waals surface area contributed by atoms with Crippen molar-refractivity contribution in [3.05, 3.63) is 267 Å². The van der Waals surface area contributed by atoms with E-state index in [1.807, 2.05) is 0 Å².